The highest BCUT2D eigenvalue weighted by Gasteiger charge is 2.41. The van der Waals surface area contributed by atoms with Crippen molar-refractivity contribution in [3.8, 4) is 0 Å². The minimum absolute atomic E-state index is 0.130. The van der Waals surface area contributed by atoms with E-state index in [1.807, 2.05) is 26.1 Å². The maximum absolute atomic E-state index is 12.5. The van der Waals surface area contributed by atoms with Gasteiger partial charge < -0.3 is 10.1 Å². The minimum atomic E-state index is -4.99. The van der Waals surface area contributed by atoms with E-state index in [0.717, 1.165) is 5.56 Å². The monoisotopic (exact) mass is 333 g/mol. The normalized spacial score (nSPS) is 13.4. The van der Waals surface area contributed by atoms with Gasteiger partial charge in [-0.3, -0.25) is 4.79 Å². The van der Waals surface area contributed by atoms with Crippen molar-refractivity contribution in [1.29, 1.82) is 0 Å². The number of nitrogens with one attached hydrogen (secondary N) is 1. The Balaban J connectivity index is 3.31. The third kappa shape index (κ3) is 4.43. The number of rotatable bonds is 3. The Bertz CT molecular complexity index is 565. The topological polar surface area (TPSA) is 38.3 Å². The van der Waals surface area contributed by atoms with E-state index in [4.69, 9.17) is 17.0 Å². The smallest absolute Gasteiger partial charge is 0.471 e. The molecule has 22 heavy (non-hydrogen) atoms. The largest absolute Gasteiger partial charge is 0.488 e. The molecule has 1 N–H and O–H groups in total. The standard InChI is InChI=1S/C15H18F3NO2S/c1-14(2,3)10-8-6-5-7-9(10)11(12(22)21-4)19-13(20)15(16,17)18/h5-8,11H,1-4H3,(H,19,20). The molecule has 7 heteroatoms. The molecule has 1 aromatic carbocycles. The van der Waals surface area contributed by atoms with Gasteiger partial charge in [-0.25, -0.2) is 0 Å². The van der Waals surface area contributed by atoms with Crippen LogP contribution < -0.4 is 5.32 Å². The number of alkyl halides is 3. The number of carbonyl (C=O) groups excluding carboxylic acids is 1. The first-order valence-electron chi connectivity index (χ1n) is 6.53. The predicted octanol–water partition coefficient (Wildman–Crippen LogP) is 3.68. The third-order valence-electron chi connectivity index (χ3n) is 3.05. The molecule has 1 rings (SSSR count). The lowest BCUT2D eigenvalue weighted by atomic mass is 9.82. The summed E-state index contributed by atoms with van der Waals surface area (Å²) >= 11 is 4.98. The molecule has 0 saturated heterocycles. The first-order valence-corrected chi connectivity index (χ1v) is 6.94. The van der Waals surface area contributed by atoms with Gasteiger partial charge in [0, 0.05) is 0 Å². The van der Waals surface area contributed by atoms with Crippen LogP contribution in [0.5, 0.6) is 0 Å². The summed E-state index contributed by atoms with van der Waals surface area (Å²) in [4.78, 5) is 11.3. The number of hydrogen-bond acceptors (Lipinski definition) is 3. The van der Waals surface area contributed by atoms with Crippen molar-refractivity contribution in [2.24, 2.45) is 0 Å². The second kappa shape index (κ2) is 6.64. The maximum atomic E-state index is 12.5. The Morgan fingerprint density at radius 2 is 1.77 bits per heavy atom. The van der Waals surface area contributed by atoms with Crippen LogP contribution in [0.4, 0.5) is 13.2 Å². The molecular weight excluding hydrogens is 315 g/mol. The highest BCUT2D eigenvalue weighted by Crippen LogP contribution is 2.31. The summed E-state index contributed by atoms with van der Waals surface area (Å²) in [5.74, 6) is -2.05. The van der Waals surface area contributed by atoms with Crippen LogP contribution in [0.3, 0.4) is 0 Å². The molecule has 1 amide bonds. The highest BCUT2D eigenvalue weighted by atomic mass is 32.1. The highest BCUT2D eigenvalue weighted by molar-refractivity contribution is 7.80. The molecule has 0 bridgehead atoms. The molecule has 0 aliphatic rings. The van der Waals surface area contributed by atoms with Crippen molar-refractivity contribution < 1.29 is 22.7 Å². The van der Waals surface area contributed by atoms with Gasteiger partial charge >= 0.3 is 12.1 Å². The van der Waals surface area contributed by atoms with E-state index >= 15 is 0 Å². The van der Waals surface area contributed by atoms with Crippen LogP contribution >= 0.6 is 12.2 Å². The zero-order chi connectivity index (χ0) is 17.1. The maximum Gasteiger partial charge on any atom is 0.471 e. The number of thiocarbonyl (C=S) groups is 1. The second-order valence-electron chi connectivity index (χ2n) is 5.76. The molecule has 0 saturated carbocycles. The van der Waals surface area contributed by atoms with Gasteiger partial charge in [-0.05, 0) is 28.8 Å². The zero-order valence-corrected chi connectivity index (χ0v) is 13.6. The van der Waals surface area contributed by atoms with E-state index in [0.29, 0.717) is 5.56 Å². The fourth-order valence-electron chi connectivity index (χ4n) is 2.03. The number of halogens is 3. The van der Waals surface area contributed by atoms with Gasteiger partial charge in [0.05, 0.1) is 7.11 Å². The van der Waals surface area contributed by atoms with E-state index in [9.17, 15) is 18.0 Å². The first kappa shape index (κ1) is 18.4. The summed E-state index contributed by atoms with van der Waals surface area (Å²) in [7, 11) is 1.26. The Kier molecular flexibility index (Phi) is 5.56. The summed E-state index contributed by atoms with van der Waals surface area (Å²) in [6, 6.07) is 5.73. The van der Waals surface area contributed by atoms with E-state index in [1.54, 1.807) is 24.3 Å². The number of benzene rings is 1. The van der Waals surface area contributed by atoms with Gasteiger partial charge in [0.2, 0.25) is 0 Å². The molecule has 122 valence electrons. The van der Waals surface area contributed by atoms with Gasteiger partial charge in [0.15, 0.2) is 5.05 Å². The summed E-state index contributed by atoms with van der Waals surface area (Å²) in [5.41, 5.74) is 0.933. The van der Waals surface area contributed by atoms with Crippen LogP contribution in [0.15, 0.2) is 24.3 Å². The number of methoxy groups -OCH3 is 1. The van der Waals surface area contributed by atoms with Crippen molar-refractivity contribution >= 4 is 23.2 Å². The minimum Gasteiger partial charge on any atom is -0.488 e. The number of ether oxygens (including phenoxy) is 1. The Morgan fingerprint density at radius 3 is 2.23 bits per heavy atom. The van der Waals surface area contributed by atoms with E-state index in [1.165, 1.54) is 7.11 Å². The molecular formula is C15H18F3NO2S. The van der Waals surface area contributed by atoms with Crippen molar-refractivity contribution in [3.63, 3.8) is 0 Å². The molecule has 0 heterocycles. The summed E-state index contributed by atoms with van der Waals surface area (Å²) in [5, 5.41) is 1.78. The molecule has 0 radical (unpaired) electrons. The third-order valence-corrected chi connectivity index (χ3v) is 3.45. The molecule has 0 aliphatic heterocycles. The average molecular weight is 333 g/mol. The van der Waals surface area contributed by atoms with Gasteiger partial charge in [0.25, 0.3) is 0 Å². The molecule has 0 spiro atoms. The number of amides is 1. The summed E-state index contributed by atoms with van der Waals surface area (Å²) in [6.07, 6.45) is -4.99. The van der Waals surface area contributed by atoms with E-state index in [2.05, 4.69) is 0 Å². The Hall–Kier alpha value is -1.63. The second-order valence-corrected chi connectivity index (χ2v) is 6.17. The molecule has 1 unspecified atom stereocenters. The summed E-state index contributed by atoms with van der Waals surface area (Å²) in [6.45, 7) is 5.76. The van der Waals surface area contributed by atoms with Crippen LogP contribution in [-0.4, -0.2) is 24.2 Å². The van der Waals surface area contributed by atoms with Crippen molar-refractivity contribution in [1.82, 2.24) is 5.32 Å². The van der Waals surface area contributed by atoms with Crippen molar-refractivity contribution in [2.45, 2.75) is 38.4 Å². The Morgan fingerprint density at radius 1 is 1.23 bits per heavy atom. The zero-order valence-electron chi connectivity index (χ0n) is 12.7. The number of hydrogen-bond donors (Lipinski definition) is 1. The quantitative estimate of drug-likeness (QED) is 0.858. The predicted molar refractivity (Wildman–Crippen MR) is 81.7 cm³/mol. The van der Waals surface area contributed by atoms with Crippen LogP contribution in [0.1, 0.15) is 37.9 Å². The van der Waals surface area contributed by atoms with Crippen LogP contribution in [0, 0.1) is 0 Å². The average Bonchev–Trinajstić information content (AvgIpc) is 2.41. The molecule has 0 aromatic heterocycles. The van der Waals surface area contributed by atoms with Gasteiger partial charge in [0.1, 0.15) is 6.04 Å². The molecule has 3 nitrogen and oxygen atoms in total. The van der Waals surface area contributed by atoms with Crippen LogP contribution in [-0.2, 0) is 14.9 Å². The molecule has 1 aromatic rings. The fraction of sp³-hybridized carbons (Fsp3) is 0.467. The SMILES string of the molecule is COC(=S)C(NC(=O)C(F)(F)F)c1ccccc1C(C)(C)C. The van der Waals surface area contributed by atoms with E-state index < -0.39 is 18.1 Å². The van der Waals surface area contributed by atoms with Crippen molar-refractivity contribution in [3.05, 3.63) is 35.4 Å². The molecule has 0 aliphatic carbocycles. The van der Waals surface area contributed by atoms with Gasteiger partial charge in [-0.15, -0.1) is 0 Å². The van der Waals surface area contributed by atoms with E-state index in [-0.39, 0.29) is 10.5 Å². The van der Waals surface area contributed by atoms with Crippen LogP contribution in [0.2, 0.25) is 0 Å². The lowest BCUT2D eigenvalue weighted by molar-refractivity contribution is -0.174. The lowest BCUT2D eigenvalue weighted by Crippen LogP contribution is -2.42. The fourth-order valence-corrected chi connectivity index (χ4v) is 2.21. The van der Waals surface area contributed by atoms with Crippen molar-refractivity contribution in [2.75, 3.05) is 7.11 Å². The number of carbonyl (C=O) groups is 1. The Labute approximate surface area is 132 Å². The first-order chi connectivity index (χ1) is 9.98. The summed E-state index contributed by atoms with van der Waals surface area (Å²) < 4.78 is 42.5. The molecule has 1 atom stereocenters. The van der Waals surface area contributed by atoms with Crippen LogP contribution in [0.25, 0.3) is 0 Å². The lowest BCUT2D eigenvalue weighted by Gasteiger charge is -2.28. The molecule has 0 fully saturated rings. The van der Waals surface area contributed by atoms with Gasteiger partial charge in [-0.1, -0.05) is 45.0 Å². The van der Waals surface area contributed by atoms with Gasteiger partial charge in [-0.2, -0.15) is 13.2 Å².